The third kappa shape index (κ3) is 4.17. The van der Waals surface area contributed by atoms with E-state index in [1.165, 1.54) is 40.0 Å². The van der Waals surface area contributed by atoms with Gasteiger partial charge in [0.1, 0.15) is 0 Å². The quantitative estimate of drug-likeness (QED) is 0.492. The van der Waals surface area contributed by atoms with E-state index in [1.54, 1.807) is 12.1 Å². The number of nitrogens with zero attached hydrogens (tertiary/aromatic N) is 1. The van der Waals surface area contributed by atoms with Crippen LogP contribution in [0, 0.1) is 12.3 Å². The third-order valence-electron chi connectivity index (χ3n) is 6.11. The number of allylic oxidation sites excluding steroid dienone is 1. The summed E-state index contributed by atoms with van der Waals surface area (Å²) in [6, 6.07) is 9.60. The van der Waals surface area contributed by atoms with Gasteiger partial charge in [-0.3, -0.25) is 4.99 Å². The number of aryl methyl sites for hydroxylation is 1. The third-order valence-corrected chi connectivity index (χ3v) is 7.86. The highest BCUT2D eigenvalue weighted by molar-refractivity contribution is 7.98. The maximum absolute atomic E-state index is 9.74. The van der Waals surface area contributed by atoms with Crippen LogP contribution in [-0.2, 0) is 0 Å². The summed E-state index contributed by atoms with van der Waals surface area (Å²) in [7, 11) is 0. The Balaban J connectivity index is 1.31. The molecule has 2 aromatic rings. The molecular formula is C23H27N3OS2. The summed E-state index contributed by atoms with van der Waals surface area (Å²) in [6.07, 6.45) is 7.93. The Hall–Kier alpha value is -1.60. The van der Waals surface area contributed by atoms with Crippen molar-refractivity contribution in [1.29, 1.82) is 0 Å². The average molecular weight is 426 g/mol. The highest BCUT2D eigenvalue weighted by Gasteiger charge is 2.46. The molecule has 152 valence electrons. The highest BCUT2D eigenvalue weighted by Crippen LogP contribution is 2.48. The SMILES string of the molecule is Cc1cc(NSNC2CC2)ccc1-c1cc(C2=CC(C3(CO)CC3)=NCC2)cs1. The molecule has 3 aliphatic rings. The Morgan fingerprint density at radius 3 is 2.86 bits per heavy atom. The van der Waals surface area contributed by atoms with E-state index in [-0.39, 0.29) is 12.0 Å². The fourth-order valence-electron chi connectivity index (χ4n) is 3.80. The zero-order valence-corrected chi connectivity index (χ0v) is 18.3. The van der Waals surface area contributed by atoms with Gasteiger partial charge in [-0.05, 0) is 90.9 Å². The fourth-order valence-corrected chi connectivity index (χ4v) is 5.53. The van der Waals surface area contributed by atoms with Gasteiger partial charge in [-0.1, -0.05) is 6.07 Å². The lowest BCUT2D eigenvalue weighted by Crippen LogP contribution is -2.21. The molecule has 2 aliphatic carbocycles. The van der Waals surface area contributed by atoms with Crippen LogP contribution in [0.2, 0.25) is 0 Å². The second kappa shape index (κ2) is 7.91. The van der Waals surface area contributed by atoms with E-state index in [1.807, 2.05) is 11.3 Å². The van der Waals surface area contributed by atoms with Crippen molar-refractivity contribution >= 4 is 40.4 Å². The summed E-state index contributed by atoms with van der Waals surface area (Å²) in [4.78, 5) is 6.01. The molecule has 3 N–H and O–H groups in total. The molecule has 0 bridgehead atoms. The summed E-state index contributed by atoms with van der Waals surface area (Å²) >= 11 is 3.39. The van der Waals surface area contributed by atoms with Gasteiger partial charge in [-0.2, -0.15) is 0 Å². The lowest BCUT2D eigenvalue weighted by atomic mass is 9.93. The van der Waals surface area contributed by atoms with Crippen LogP contribution < -0.4 is 9.44 Å². The first-order valence-electron chi connectivity index (χ1n) is 10.4. The molecule has 2 saturated carbocycles. The number of anilines is 1. The summed E-state index contributed by atoms with van der Waals surface area (Å²) in [5.41, 5.74) is 7.44. The Morgan fingerprint density at radius 2 is 2.14 bits per heavy atom. The Labute approximate surface area is 180 Å². The fraction of sp³-hybridized carbons (Fsp3) is 0.435. The van der Waals surface area contributed by atoms with Crippen LogP contribution in [0.4, 0.5) is 5.69 Å². The van der Waals surface area contributed by atoms with Crippen molar-refractivity contribution in [2.24, 2.45) is 10.4 Å². The number of rotatable bonds is 8. The van der Waals surface area contributed by atoms with Crippen LogP contribution in [0.1, 0.15) is 43.2 Å². The Kier molecular flexibility index (Phi) is 5.28. The maximum atomic E-state index is 9.74. The number of aliphatic hydroxyl groups is 1. The van der Waals surface area contributed by atoms with Gasteiger partial charge in [0.2, 0.25) is 0 Å². The number of hydrogen-bond acceptors (Lipinski definition) is 6. The van der Waals surface area contributed by atoms with Crippen molar-refractivity contribution in [3.63, 3.8) is 0 Å². The first-order chi connectivity index (χ1) is 14.2. The van der Waals surface area contributed by atoms with E-state index in [2.05, 4.69) is 52.1 Å². The van der Waals surface area contributed by atoms with E-state index in [9.17, 15) is 5.11 Å². The van der Waals surface area contributed by atoms with E-state index >= 15 is 0 Å². The number of thiophene rings is 1. The van der Waals surface area contributed by atoms with Crippen LogP contribution in [0.5, 0.6) is 0 Å². The smallest absolute Gasteiger partial charge is 0.0542 e. The van der Waals surface area contributed by atoms with E-state index in [4.69, 9.17) is 4.99 Å². The topological polar surface area (TPSA) is 56.6 Å². The Morgan fingerprint density at radius 1 is 1.28 bits per heavy atom. The highest BCUT2D eigenvalue weighted by atomic mass is 32.2. The minimum Gasteiger partial charge on any atom is -0.395 e. The zero-order valence-electron chi connectivity index (χ0n) is 16.7. The second-order valence-corrected chi connectivity index (χ2v) is 10.0. The van der Waals surface area contributed by atoms with Gasteiger partial charge in [0.25, 0.3) is 0 Å². The van der Waals surface area contributed by atoms with Crippen molar-refractivity contribution in [2.75, 3.05) is 17.9 Å². The maximum Gasteiger partial charge on any atom is 0.0542 e. The number of nitrogens with one attached hydrogen (secondary N) is 2. The molecule has 1 aromatic carbocycles. The summed E-state index contributed by atoms with van der Waals surface area (Å²) in [5.74, 6) is 0. The van der Waals surface area contributed by atoms with Crippen molar-refractivity contribution in [1.82, 2.24) is 4.72 Å². The van der Waals surface area contributed by atoms with Crippen molar-refractivity contribution in [3.8, 4) is 10.4 Å². The lowest BCUT2D eigenvalue weighted by molar-refractivity contribution is 0.252. The number of hydrogen-bond donors (Lipinski definition) is 3. The molecule has 1 aliphatic heterocycles. The molecule has 0 spiro atoms. The Bertz CT molecular complexity index is 970. The number of aliphatic hydroxyl groups excluding tert-OH is 1. The van der Waals surface area contributed by atoms with Gasteiger partial charge in [0.15, 0.2) is 0 Å². The molecule has 0 amide bonds. The van der Waals surface area contributed by atoms with Gasteiger partial charge >= 0.3 is 0 Å². The first kappa shape index (κ1) is 19.4. The molecule has 1 aromatic heterocycles. The summed E-state index contributed by atoms with van der Waals surface area (Å²) in [5, 5.41) is 12.0. The van der Waals surface area contributed by atoms with Crippen LogP contribution in [0.15, 0.2) is 40.7 Å². The first-order valence-corrected chi connectivity index (χ1v) is 12.1. The van der Waals surface area contributed by atoms with Gasteiger partial charge in [0, 0.05) is 46.4 Å². The van der Waals surface area contributed by atoms with Gasteiger partial charge in [-0.15, -0.1) is 11.3 Å². The summed E-state index contributed by atoms with van der Waals surface area (Å²) in [6.45, 7) is 3.24. The molecular weight excluding hydrogens is 398 g/mol. The molecule has 2 fully saturated rings. The molecule has 29 heavy (non-hydrogen) atoms. The molecule has 5 rings (SSSR count). The van der Waals surface area contributed by atoms with E-state index in [0.29, 0.717) is 6.04 Å². The van der Waals surface area contributed by atoms with Crippen LogP contribution in [0.25, 0.3) is 16.0 Å². The molecule has 2 heterocycles. The summed E-state index contributed by atoms with van der Waals surface area (Å²) < 4.78 is 6.80. The van der Waals surface area contributed by atoms with Gasteiger partial charge < -0.3 is 9.83 Å². The monoisotopic (exact) mass is 425 g/mol. The average Bonchev–Trinajstić information content (AvgIpc) is 3.67. The molecule has 0 unspecified atom stereocenters. The predicted octanol–water partition coefficient (Wildman–Crippen LogP) is 5.45. The molecule has 4 nitrogen and oxygen atoms in total. The number of benzene rings is 1. The van der Waals surface area contributed by atoms with Crippen LogP contribution >= 0.6 is 23.5 Å². The van der Waals surface area contributed by atoms with Crippen LogP contribution in [-0.4, -0.2) is 30.0 Å². The van der Waals surface area contributed by atoms with Gasteiger partial charge in [0.05, 0.1) is 6.61 Å². The molecule has 0 saturated heterocycles. The second-order valence-electron chi connectivity index (χ2n) is 8.45. The van der Waals surface area contributed by atoms with Crippen molar-refractivity contribution in [3.05, 3.63) is 46.8 Å². The van der Waals surface area contributed by atoms with Crippen molar-refractivity contribution in [2.45, 2.75) is 45.1 Å². The largest absolute Gasteiger partial charge is 0.395 e. The minimum atomic E-state index is -0.0453. The molecule has 6 heteroatoms. The van der Waals surface area contributed by atoms with E-state index in [0.717, 1.165) is 37.2 Å². The van der Waals surface area contributed by atoms with Crippen molar-refractivity contribution < 1.29 is 5.11 Å². The van der Waals surface area contributed by atoms with Gasteiger partial charge in [-0.25, -0.2) is 4.72 Å². The van der Waals surface area contributed by atoms with E-state index < -0.39 is 0 Å². The van der Waals surface area contributed by atoms with Crippen LogP contribution in [0.3, 0.4) is 0 Å². The molecule has 0 atom stereocenters. The number of aliphatic imine (C=N–C) groups is 1. The standard InChI is InChI=1S/C23H27N3OS2/c1-15-10-19(26-29-25-18-2-3-18)4-5-20(15)21-11-17(13-28-21)16-6-9-24-22(12-16)23(14-27)7-8-23/h4-5,10-13,18,25-27H,2-3,6-9,14H2,1H3. The molecule has 0 radical (unpaired) electrons. The minimum absolute atomic E-state index is 0.0453. The number of dihydropyridines is 1. The predicted molar refractivity (Wildman–Crippen MR) is 126 cm³/mol. The zero-order chi connectivity index (χ0) is 19.8. The lowest BCUT2D eigenvalue weighted by Gasteiger charge is -2.18. The normalized spacial score (nSPS) is 20.2.